The minimum atomic E-state index is -0.478. The van der Waals surface area contributed by atoms with Gasteiger partial charge in [0.2, 0.25) is 0 Å². The van der Waals surface area contributed by atoms with Crippen molar-refractivity contribution in [3.8, 4) is 0 Å². The second-order valence-corrected chi connectivity index (χ2v) is 3.47. The van der Waals surface area contributed by atoms with E-state index in [4.69, 9.17) is 10.2 Å². The van der Waals surface area contributed by atoms with Gasteiger partial charge in [-0.3, -0.25) is 10.1 Å². The van der Waals surface area contributed by atoms with Gasteiger partial charge in [0.05, 0.1) is 4.92 Å². The maximum absolute atomic E-state index is 10.8. The van der Waals surface area contributed by atoms with E-state index in [1.54, 1.807) is 12.1 Å². The van der Waals surface area contributed by atoms with Gasteiger partial charge in [0.25, 0.3) is 11.7 Å². The van der Waals surface area contributed by atoms with Gasteiger partial charge in [-0.25, -0.2) is 0 Å². The van der Waals surface area contributed by atoms with Crippen molar-refractivity contribution in [2.45, 2.75) is 6.42 Å². The third kappa shape index (κ3) is 2.34. The summed E-state index contributed by atoms with van der Waals surface area (Å²) in [4.78, 5) is 14.3. The highest BCUT2D eigenvalue weighted by atomic mass is 16.6. The number of hydrogen-bond acceptors (Lipinski definition) is 6. The van der Waals surface area contributed by atoms with Crippen molar-refractivity contribution in [2.75, 3.05) is 18.4 Å². The number of nitrogens with one attached hydrogen (secondary N) is 1. The summed E-state index contributed by atoms with van der Waals surface area (Å²) in [6.07, 6.45) is 0.779. The Labute approximate surface area is 96.8 Å². The van der Waals surface area contributed by atoms with Crippen molar-refractivity contribution < 1.29 is 9.34 Å². The molecule has 0 atom stereocenters. The molecule has 3 N–H and O–H groups in total. The molecule has 0 unspecified atom stereocenters. The lowest BCUT2D eigenvalue weighted by Crippen LogP contribution is -2.08. The molecule has 1 heterocycles. The Balaban J connectivity index is 2.30. The number of nitrogens with zero attached hydrogens (tertiary/aromatic N) is 2. The molecule has 7 heteroatoms. The Morgan fingerprint density at radius 2 is 2.35 bits per heavy atom. The van der Waals surface area contributed by atoms with Crippen LogP contribution in [-0.2, 0) is 0 Å². The number of nitrogens with two attached hydrogens (primary N) is 1. The smallest absolute Gasteiger partial charge is 0.298 e. The summed E-state index contributed by atoms with van der Waals surface area (Å²) in [5, 5.41) is 13.7. The predicted molar refractivity (Wildman–Crippen MR) is 62.8 cm³/mol. The zero-order chi connectivity index (χ0) is 12.3. The molecule has 0 aliphatic heterocycles. The van der Waals surface area contributed by atoms with E-state index in [0.29, 0.717) is 18.7 Å². The molecule has 0 radical (unpaired) electrons. The maximum Gasteiger partial charge on any atom is 0.298 e. The third-order valence-corrected chi connectivity index (χ3v) is 2.25. The first kappa shape index (κ1) is 11.3. The summed E-state index contributed by atoms with van der Waals surface area (Å²) in [5.74, 6) is 0. The molecule has 2 aromatic rings. The highest BCUT2D eigenvalue weighted by Crippen LogP contribution is 2.27. The van der Waals surface area contributed by atoms with Crippen LogP contribution in [0.3, 0.4) is 0 Å². The van der Waals surface area contributed by atoms with E-state index < -0.39 is 4.92 Å². The van der Waals surface area contributed by atoms with Gasteiger partial charge in [-0.1, -0.05) is 6.07 Å². The topological polar surface area (TPSA) is 107 Å². The Kier molecular flexibility index (Phi) is 3.20. The molecule has 90 valence electrons. The Hall–Kier alpha value is -2.15. The van der Waals surface area contributed by atoms with Gasteiger partial charge >= 0.3 is 0 Å². The zero-order valence-corrected chi connectivity index (χ0v) is 9.05. The molecule has 0 saturated carbocycles. The van der Waals surface area contributed by atoms with Crippen molar-refractivity contribution in [2.24, 2.45) is 5.73 Å². The standard InChI is InChI=1S/C10H12N4O3/c11-5-2-6-12-10-13-9-7(14(15)16)3-1-4-8(9)17-10/h1,3-4H,2,5-6,11H2,(H,12,13). The summed E-state index contributed by atoms with van der Waals surface area (Å²) >= 11 is 0. The second-order valence-electron chi connectivity index (χ2n) is 3.47. The monoisotopic (exact) mass is 236 g/mol. The van der Waals surface area contributed by atoms with E-state index in [0.717, 1.165) is 6.42 Å². The maximum atomic E-state index is 10.8. The quantitative estimate of drug-likeness (QED) is 0.462. The number of anilines is 1. The number of rotatable bonds is 5. The average Bonchev–Trinajstić information content (AvgIpc) is 2.71. The molecule has 7 nitrogen and oxygen atoms in total. The molecule has 0 fully saturated rings. The number of fused-ring (bicyclic) bond motifs is 1. The van der Waals surface area contributed by atoms with Crippen LogP contribution in [0.4, 0.5) is 11.7 Å². The van der Waals surface area contributed by atoms with Crippen LogP contribution in [0.1, 0.15) is 6.42 Å². The molecule has 17 heavy (non-hydrogen) atoms. The van der Waals surface area contributed by atoms with Crippen LogP contribution in [0.5, 0.6) is 0 Å². The molecule has 0 spiro atoms. The van der Waals surface area contributed by atoms with E-state index >= 15 is 0 Å². The number of hydrogen-bond donors (Lipinski definition) is 2. The van der Waals surface area contributed by atoms with E-state index in [1.165, 1.54) is 6.07 Å². The molecular formula is C10H12N4O3. The van der Waals surface area contributed by atoms with Gasteiger partial charge in [-0.2, -0.15) is 4.98 Å². The van der Waals surface area contributed by atoms with Crippen molar-refractivity contribution in [3.63, 3.8) is 0 Å². The third-order valence-electron chi connectivity index (χ3n) is 2.25. The number of aromatic nitrogens is 1. The zero-order valence-electron chi connectivity index (χ0n) is 9.05. The SMILES string of the molecule is NCCCNc1nc2c([N+](=O)[O-])cccc2o1. The number of para-hydroxylation sites is 1. The van der Waals surface area contributed by atoms with Gasteiger partial charge in [-0.15, -0.1) is 0 Å². The fraction of sp³-hybridized carbons (Fsp3) is 0.300. The summed E-state index contributed by atoms with van der Waals surface area (Å²) in [6, 6.07) is 4.88. The van der Waals surface area contributed by atoms with Crippen LogP contribution < -0.4 is 11.1 Å². The van der Waals surface area contributed by atoms with Gasteiger partial charge in [0, 0.05) is 12.6 Å². The summed E-state index contributed by atoms with van der Waals surface area (Å²) in [7, 11) is 0. The minimum absolute atomic E-state index is 0.0573. The normalized spacial score (nSPS) is 10.6. The lowest BCUT2D eigenvalue weighted by molar-refractivity contribution is -0.383. The van der Waals surface area contributed by atoms with Gasteiger partial charge < -0.3 is 15.5 Å². The van der Waals surface area contributed by atoms with Gasteiger partial charge in [0.1, 0.15) is 0 Å². The van der Waals surface area contributed by atoms with Crippen molar-refractivity contribution in [1.82, 2.24) is 4.98 Å². The molecule has 0 amide bonds. The number of nitro groups is 1. The van der Waals surface area contributed by atoms with E-state index in [9.17, 15) is 10.1 Å². The molecule has 2 rings (SSSR count). The first-order chi connectivity index (χ1) is 8.22. The molecule has 0 aliphatic rings. The molecule has 1 aromatic heterocycles. The molecule has 0 saturated heterocycles. The fourth-order valence-electron chi connectivity index (χ4n) is 1.45. The van der Waals surface area contributed by atoms with Crippen molar-refractivity contribution in [1.29, 1.82) is 0 Å². The second kappa shape index (κ2) is 4.79. The number of benzene rings is 1. The minimum Gasteiger partial charge on any atom is -0.423 e. The van der Waals surface area contributed by atoms with Gasteiger partial charge in [-0.05, 0) is 19.0 Å². The van der Waals surface area contributed by atoms with Crippen LogP contribution in [0.15, 0.2) is 22.6 Å². The van der Waals surface area contributed by atoms with Crippen LogP contribution >= 0.6 is 0 Å². The molecular weight excluding hydrogens is 224 g/mol. The highest BCUT2D eigenvalue weighted by Gasteiger charge is 2.16. The van der Waals surface area contributed by atoms with Crippen LogP contribution in [0.2, 0.25) is 0 Å². The summed E-state index contributed by atoms with van der Waals surface area (Å²) in [6.45, 7) is 1.19. The number of nitro benzene ring substituents is 1. The predicted octanol–water partition coefficient (Wildman–Crippen LogP) is 1.50. The van der Waals surface area contributed by atoms with E-state index in [-0.39, 0.29) is 17.2 Å². The number of non-ortho nitro benzene ring substituents is 1. The lowest BCUT2D eigenvalue weighted by atomic mass is 10.3. The highest BCUT2D eigenvalue weighted by molar-refractivity contribution is 5.83. The van der Waals surface area contributed by atoms with E-state index in [2.05, 4.69) is 10.3 Å². The van der Waals surface area contributed by atoms with Crippen molar-refractivity contribution >= 4 is 22.8 Å². The van der Waals surface area contributed by atoms with Crippen molar-refractivity contribution in [3.05, 3.63) is 28.3 Å². The number of oxazole rings is 1. The summed E-state index contributed by atoms with van der Waals surface area (Å²) in [5.41, 5.74) is 5.95. The van der Waals surface area contributed by atoms with Gasteiger partial charge in [0.15, 0.2) is 11.1 Å². The molecule has 0 aliphatic carbocycles. The molecule has 1 aromatic carbocycles. The Bertz CT molecular complexity index is 537. The first-order valence-corrected chi connectivity index (χ1v) is 5.20. The van der Waals surface area contributed by atoms with Crippen LogP contribution in [0, 0.1) is 10.1 Å². The van der Waals surface area contributed by atoms with E-state index in [1.807, 2.05) is 0 Å². The average molecular weight is 236 g/mol. The lowest BCUT2D eigenvalue weighted by Gasteiger charge is -1.97. The Morgan fingerprint density at radius 3 is 3.06 bits per heavy atom. The van der Waals surface area contributed by atoms with Crippen LogP contribution in [0.25, 0.3) is 11.1 Å². The Morgan fingerprint density at radius 1 is 1.53 bits per heavy atom. The van der Waals surface area contributed by atoms with Crippen LogP contribution in [-0.4, -0.2) is 23.0 Å². The summed E-state index contributed by atoms with van der Waals surface area (Å²) < 4.78 is 5.34. The largest absolute Gasteiger partial charge is 0.423 e. The molecule has 0 bridgehead atoms. The fourth-order valence-corrected chi connectivity index (χ4v) is 1.45. The first-order valence-electron chi connectivity index (χ1n) is 5.20.